The van der Waals surface area contributed by atoms with Crippen molar-refractivity contribution in [3.8, 4) is 0 Å². The van der Waals surface area contributed by atoms with Crippen LogP contribution in [0.2, 0.25) is 0 Å². The highest BCUT2D eigenvalue weighted by Crippen LogP contribution is 2.48. The summed E-state index contributed by atoms with van der Waals surface area (Å²) in [4.78, 5) is 32.8. The third kappa shape index (κ3) is 3.46. The normalized spacial score (nSPS) is 20.7. The van der Waals surface area contributed by atoms with Crippen molar-refractivity contribution in [2.24, 2.45) is 11.3 Å². The molecule has 2 aliphatic rings. The Balaban J connectivity index is 2.02. The van der Waals surface area contributed by atoms with Crippen LogP contribution in [0.5, 0.6) is 0 Å². The van der Waals surface area contributed by atoms with Gasteiger partial charge in [0, 0.05) is 36.0 Å². The molecule has 1 amide bonds. The molecule has 0 bridgehead atoms. The molecule has 5 heteroatoms. The molecule has 1 aromatic carbocycles. The van der Waals surface area contributed by atoms with Crippen molar-refractivity contribution in [2.45, 2.75) is 46.6 Å². The molecule has 1 atom stereocenters. The number of carbonyl (C=O) groups is 2. The SMILES string of the molecule is CC(C)C(=O)N1c2ccccc2NC2=C(C(=O)CC(C)(C)C2)[C@@H]1c1ccncc1. The van der Waals surface area contributed by atoms with Gasteiger partial charge in [-0.15, -0.1) is 0 Å². The van der Waals surface area contributed by atoms with Gasteiger partial charge in [0.1, 0.15) is 0 Å². The number of pyridine rings is 1. The van der Waals surface area contributed by atoms with Crippen molar-refractivity contribution >= 4 is 23.1 Å². The first kappa shape index (κ1) is 19.4. The van der Waals surface area contributed by atoms with Crippen LogP contribution in [-0.4, -0.2) is 16.7 Å². The first-order chi connectivity index (χ1) is 13.8. The van der Waals surface area contributed by atoms with E-state index in [1.807, 2.05) is 50.2 Å². The fourth-order valence-corrected chi connectivity index (χ4v) is 4.37. The maximum Gasteiger partial charge on any atom is 0.230 e. The van der Waals surface area contributed by atoms with Crippen molar-refractivity contribution in [1.82, 2.24) is 4.98 Å². The molecule has 29 heavy (non-hydrogen) atoms. The van der Waals surface area contributed by atoms with Gasteiger partial charge in [0.2, 0.25) is 5.91 Å². The van der Waals surface area contributed by atoms with Crippen LogP contribution < -0.4 is 10.2 Å². The Labute approximate surface area is 171 Å². The van der Waals surface area contributed by atoms with Crippen LogP contribution in [0.1, 0.15) is 52.1 Å². The van der Waals surface area contributed by atoms with Gasteiger partial charge in [-0.25, -0.2) is 0 Å². The van der Waals surface area contributed by atoms with Gasteiger partial charge in [-0.3, -0.25) is 19.5 Å². The Hall–Kier alpha value is -2.95. The molecule has 0 saturated heterocycles. The molecule has 1 N–H and O–H groups in total. The summed E-state index contributed by atoms with van der Waals surface area (Å²) in [6.45, 7) is 8.03. The third-order valence-electron chi connectivity index (χ3n) is 5.65. The van der Waals surface area contributed by atoms with E-state index in [1.54, 1.807) is 17.3 Å². The average molecular weight is 389 g/mol. The molecule has 0 radical (unpaired) electrons. The number of benzene rings is 1. The minimum Gasteiger partial charge on any atom is -0.357 e. The number of aromatic nitrogens is 1. The lowest BCUT2D eigenvalue weighted by atomic mass is 9.73. The number of anilines is 2. The average Bonchev–Trinajstić information content (AvgIpc) is 2.81. The minimum absolute atomic E-state index is 0.00699. The highest BCUT2D eigenvalue weighted by molar-refractivity contribution is 6.06. The molecule has 0 saturated carbocycles. The molecule has 5 nitrogen and oxygen atoms in total. The number of hydrogen-bond donors (Lipinski definition) is 1. The minimum atomic E-state index is -0.470. The summed E-state index contributed by atoms with van der Waals surface area (Å²) in [5, 5.41) is 3.52. The van der Waals surface area contributed by atoms with E-state index >= 15 is 0 Å². The van der Waals surface area contributed by atoms with E-state index in [9.17, 15) is 9.59 Å². The zero-order valence-corrected chi connectivity index (χ0v) is 17.4. The highest BCUT2D eigenvalue weighted by atomic mass is 16.2. The quantitative estimate of drug-likeness (QED) is 0.795. The molecular formula is C24H27N3O2. The van der Waals surface area contributed by atoms with E-state index in [1.165, 1.54) is 0 Å². The van der Waals surface area contributed by atoms with Gasteiger partial charge in [-0.1, -0.05) is 39.8 Å². The van der Waals surface area contributed by atoms with E-state index in [-0.39, 0.29) is 23.0 Å². The first-order valence-corrected chi connectivity index (χ1v) is 10.1. The van der Waals surface area contributed by atoms with E-state index in [0.29, 0.717) is 12.0 Å². The van der Waals surface area contributed by atoms with E-state index in [2.05, 4.69) is 24.1 Å². The molecule has 0 spiro atoms. The van der Waals surface area contributed by atoms with E-state index in [0.717, 1.165) is 29.1 Å². The lowest BCUT2D eigenvalue weighted by molar-refractivity contribution is -0.122. The number of para-hydroxylation sites is 2. The number of nitrogens with zero attached hydrogens (tertiary/aromatic N) is 2. The van der Waals surface area contributed by atoms with Crippen molar-refractivity contribution in [1.29, 1.82) is 0 Å². The zero-order valence-electron chi connectivity index (χ0n) is 17.4. The second-order valence-corrected chi connectivity index (χ2v) is 9.02. The number of fused-ring (bicyclic) bond motifs is 1. The van der Waals surface area contributed by atoms with E-state index < -0.39 is 6.04 Å². The third-order valence-corrected chi connectivity index (χ3v) is 5.65. The van der Waals surface area contributed by atoms with Crippen LogP contribution in [0.25, 0.3) is 0 Å². The summed E-state index contributed by atoms with van der Waals surface area (Å²) in [5.74, 6) is -0.114. The molecule has 4 rings (SSSR count). The number of ketones is 1. The number of amides is 1. The Morgan fingerprint density at radius 3 is 2.52 bits per heavy atom. The Kier molecular flexibility index (Phi) is 4.77. The number of rotatable bonds is 2. The second-order valence-electron chi connectivity index (χ2n) is 9.02. The Morgan fingerprint density at radius 2 is 1.83 bits per heavy atom. The monoisotopic (exact) mass is 389 g/mol. The lowest BCUT2D eigenvalue weighted by Crippen LogP contribution is -2.41. The fraction of sp³-hybridized carbons (Fsp3) is 0.375. The number of nitrogens with one attached hydrogen (secondary N) is 1. The van der Waals surface area contributed by atoms with Gasteiger partial charge < -0.3 is 5.32 Å². The molecule has 1 aromatic heterocycles. The molecule has 2 heterocycles. The topological polar surface area (TPSA) is 62.3 Å². The van der Waals surface area contributed by atoms with Gasteiger partial charge in [-0.05, 0) is 41.7 Å². The molecule has 2 aromatic rings. The molecule has 150 valence electrons. The van der Waals surface area contributed by atoms with Crippen molar-refractivity contribution in [2.75, 3.05) is 10.2 Å². The van der Waals surface area contributed by atoms with Crippen LogP contribution in [0.3, 0.4) is 0 Å². The number of Topliss-reactive ketones (excluding diaryl/α,β-unsaturated/α-hetero) is 1. The smallest absolute Gasteiger partial charge is 0.230 e. The largest absolute Gasteiger partial charge is 0.357 e. The summed E-state index contributed by atoms with van der Waals surface area (Å²) in [6.07, 6.45) is 4.66. The highest BCUT2D eigenvalue weighted by Gasteiger charge is 2.43. The van der Waals surface area contributed by atoms with Gasteiger partial charge in [0.05, 0.1) is 17.4 Å². The number of hydrogen-bond acceptors (Lipinski definition) is 4. The van der Waals surface area contributed by atoms with Gasteiger partial charge in [-0.2, -0.15) is 0 Å². The van der Waals surface area contributed by atoms with Crippen LogP contribution in [0.4, 0.5) is 11.4 Å². The summed E-state index contributed by atoms with van der Waals surface area (Å²) in [7, 11) is 0. The van der Waals surface area contributed by atoms with Gasteiger partial charge in [0.25, 0.3) is 0 Å². The Bertz CT molecular complexity index is 992. The number of allylic oxidation sites excluding steroid dienone is 1. The maximum atomic E-state index is 13.5. The first-order valence-electron chi connectivity index (χ1n) is 10.1. The van der Waals surface area contributed by atoms with E-state index in [4.69, 9.17) is 0 Å². The van der Waals surface area contributed by atoms with Crippen LogP contribution in [0, 0.1) is 11.3 Å². The van der Waals surface area contributed by atoms with Gasteiger partial charge >= 0.3 is 0 Å². The fourth-order valence-electron chi connectivity index (χ4n) is 4.37. The summed E-state index contributed by atoms with van der Waals surface area (Å²) < 4.78 is 0. The standard InChI is InChI=1S/C24H27N3O2/c1-15(2)23(29)27-19-8-6-5-7-17(19)26-18-13-24(3,4)14-20(28)21(18)22(27)16-9-11-25-12-10-16/h5-12,15,22,26H,13-14H2,1-4H3/t22-/m0/s1. The summed E-state index contributed by atoms with van der Waals surface area (Å²) in [6, 6.07) is 11.1. The summed E-state index contributed by atoms with van der Waals surface area (Å²) >= 11 is 0. The van der Waals surface area contributed by atoms with Crippen molar-refractivity contribution in [3.63, 3.8) is 0 Å². The van der Waals surface area contributed by atoms with Crippen LogP contribution in [-0.2, 0) is 9.59 Å². The molecule has 1 aliphatic carbocycles. The zero-order chi connectivity index (χ0) is 20.8. The van der Waals surface area contributed by atoms with Crippen molar-refractivity contribution < 1.29 is 9.59 Å². The molecule has 0 fully saturated rings. The van der Waals surface area contributed by atoms with Crippen molar-refractivity contribution in [3.05, 3.63) is 65.6 Å². The maximum absolute atomic E-state index is 13.5. The predicted octanol–water partition coefficient (Wildman–Crippen LogP) is 4.88. The predicted molar refractivity (Wildman–Crippen MR) is 114 cm³/mol. The van der Waals surface area contributed by atoms with Crippen LogP contribution in [0.15, 0.2) is 60.1 Å². The molecule has 1 aliphatic heterocycles. The molecular weight excluding hydrogens is 362 g/mol. The Morgan fingerprint density at radius 1 is 1.14 bits per heavy atom. The number of carbonyl (C=O) groups excluding carboxylic acids is 2. The van der Waals surface area contributed by atoms with Crippen LogP contribution >= 0.6 is 0 Å². The molecule has 0 unspecified atom stereocenters. The van der Waals surface area contributed by atoms with Gasteiger partial charge in [0.15, 0.2) is 5.78 Å². The lowest BCUT2D eigenvalue weighted by Gasteiger charge is -2.37. The summed E-state index contributed by atoms with van der Waals surface area (Å²) in [5.41, 5.74) is 4.04. The second kappa shape index (κ2) is 7.14.